The first kappa shape index (κ1) is 94.8. The Bertz CT molecular complexity index is 5830. The van der Waals surface area contributed by atoms with Crippen molar-refractivity contribution in [3.8, 4) is 40.2 Å². The Hall–Kier alpha value is -11.3. The zero-order valence-electron chi connectivity index (χ0n) is 73.5. The first-order valence-corrected chi connectivity index (χ1v) is 46.8. The Morgan fingerprint density at radius 3 is 1.94 bits per heavy atom. The Morgan fingerprint density at radius 2 is 1.25 bits per heavy atom. The number of Topliss-reactive ketones (excluding diaryl/α,β-unsaturated/α-hetero) is 1. The van der Waals surface area contributed by atoms with Crippen LogP contribution in [0.1, 0.15) is 157 Å². The van der Waals surface area contributed by atoms with Crippen molar-refractivity contribution in [3.05, 3.63) is 228 Å². The number of methoxy groups -OCH3 is 2. The molecule has 3 aromatic heterocycles. The molecule has 6 N–H and O–H groups in total. The van der Waals surface area contributed by atoms with Gasteiger partial charge >= 0.3 is 10.4 Å². The van der Waals surface area contributed by atoms with Gasteiger partial charge in [0.25, 0.3) is 23.6 Å². The molecular formula is C93H105N9O24S4. The molecule has 690 valence electrons. The van der Waals surface area contributed by atoms with Crippen LogP contribution in [0.25, 0.3) is 0 Å². The molecule has 1 unspecified atom stereocenters. The number of hydrogen-bond acceptors (Lipinski definition) is 30. The number of ether oxygens (including phenoxy) is 9. The third kappa shape index (κ3) is 23.0. The SMILES string of the molecule is C=C(NC(=O)c1ccc(C(=O)CCS(=O)(=O)c2ccccc2)cc1)C(C)(C)COCC(C)(C)COCc1cn(CC(C)(C)COCC(C)(C)CNC(=O)c2ccc(O[C@@H]3O[C@H](CO)[C@H](O)[C@H](O)[C@H]3O)c(OS(=O)(=O)Oc3cc(COc4cc5c(cc4OC)C(=O)N4Cc6ccsc6C[C@H]4N=C5)cc(COc4cc5c(cc4OC)C(=O)N4Cc6ccsc6CC4C=N5)c3)c2)nn1. The zero-order chi connectivity index (χ0) is 92.8. The number of aliphatic imine (C=N–C) groups is 2. The van der Waals surface area contributed by atoms with Crippen molar-refractivity contribution in [1.82, 2.24) is 35.4 Å². The smallest absolute Gasteiger partial charge is 0.493 e. The Morgan fingerprint density at radius 1 is 0.623 bits per heavy atom. The number of carbonyl (C=O) groups is 5. The minimum atomic E-state index is -5.35. The number of ketones is 1. The van der Waals surface area contributed by atoms with E-state index >= 15 is 0 Å². The van der Waals surface area contributed by atoms with Crippen LogP contribution in [0.5, 0.6) is 40.2 Å². The van der Waals surface area contributed by atoms with Gasteiger partial charge in [-0.1, -0.05) is 97.5 Å². The van der Waals surface area contributed by atoms with Gasteiger partial charge in [0.15, 0.2) is 50.1 Å². The standard InChI is InChI=1S/C93H105N9O24S4/c1-55(97-86(109)59-19-17-58(18-20-59)71(104)25-28-129(112,113)67-15-13-12-14-16-67)93(8,9)54-120-53-92(6,7)52-118-47-64-43-100(99-98-64)49-91(4,5)51-119-50-90(2,3)48-96-85(108)60-21-22-72(123-89-84(107)83(106)82(105)78(44-103)124-89)77(32-60)126-130(114,115)125-66-30-56(45-121-75-33-63-39-95-81-38-80-62(24-27-128-80)42-102(81)87(110)68(63)35-73(75)116-10)29-57(31-66)46-122-76-37-70-69(36-74(76)117-11)88(111)101-41-61-23-26-127-79(61)34-65(101)40-94-70/h12-24,26-27,29-33,35-37,39-40,43,65,78,81-84,89,103,105-107H,1,25,28,34,38,41-42,44-54H2,2-11H3,(H,96,108)(H,97,109)/t65?,78-,81+,82+,83+,84-,89-/m1/s1. The number of thiophene rings is 2. The van der Waals surface area contributed by atoms with Crippen LogP contribution in [0.2, 0.25) is 0 Å². The summed E-state index contributed by atoms with van der Waals surface area (Å²) in [7, 11) is -6.14. The first-order valence-electron chi connectivity index (χ1n) is 42.0. The summed E-state index contributed by atoms with van der Waals surface area (Å²) in [5, 5.41) is 61.1. The van der Waals surface area contributed by atoms with Crippen molar-refractivity contribution in [3.63, 3.8) is 0 Å². The van der Waals surface area contributed by atoms with Crippen LogP contribution in [0, 0.1) is 21.7 Å². The number of aliphatic hydroxyl groups is 4. The maximum atomic E-state index is 14.7. The van der Waals surface area contributed by atoms with Crippen molar-refractivity contribution in [2.45, 2.75) is 162 Å². The number of nitrogens with zero attached hydrogens (tertiary/aromatic N) is 7. The maximum absolute atomic E-state index is 14.7. The zero-order valence-corrected chi connectivity index (χ0v) is 76.8. The maximum Gasteiger partial charge on any atom is 0.501 e. The summed E-state index contributed by atoms with van der Waals surface area (Å²) < 4.78 is 123. The number of fused-ring (bicyclic) bond motifs is 6. The summed E-state index contributed by atoms with van der Waals surface area (Å²) in [4.78, 5) is 84.6. The molecule has 0 spiro atoms. The lowest BCUT2D eigenvalue weighted by Gasteiger charge is -2.39. The number of nitrogens with one attached hydrogen (secondary N) is 2. The Labute approximate surface area is 761 Å². The first-order chi connectivity index (χ1) is 61.8. The summed E-state index contributed by atoms with van der Waals surface area (Å²) >= 11 is 3.25. The number of sulfone groups is 1. The van der Waals surface area contributed by atoms with Gasteiger partial charge in [-0.25, -0.2) is 8.42 Å². The van der Waals surface area contributed by atoms with E-state index in [1.807, 2.05) is 78.3 Å². The van der Waals surface area contributed by atoms with E-state index in [-0.39, 0.29) is 132 Å². The molecule has 130 heavy (non-hydrogen) atoms. The number of benzene rings is 6. The largest absolute Gasteiger partial charge is 0.501 e. The average molecular weight is 1860 g/mol. The van der Waals surface area contributed by atoms with Gasteiger partial charge in [-0.05, 0) is 124 Å². The van der Waals surface area contributed by atoms with Gasteiger partial charge in [0, 0.05) is 123 Å². The summed E-state index contributed by atoms with van der Waals surface area (Å²) in [6.07, 6.45) is -3.28. The molecule has 8 heterocycles. The van der Waals surface area contributed by atoms with Crippen LogP contribution in [-0.4, -0.2) is 213 Å². The molecule has 33 nitrogen and oxygen atoms in total. The van der Waals surface area contributed by atoms with Gasteiger partial charge in [0.05, 0.1) is 100 Å². The molecule has 1 saturated heterocycles. The van der Waals surface area contributed by atoms with E-state index in [9.17, 15) is 61.2 Å². The van der Waals surface area contributed by atoms with Crippen LogP contribution < -0.4 is 42.7 Å². The molecule has 5 aliphatic rings. The molecule has 1 fully saturated rings. The molecule has 9 aromatic rings. The van der Waals surface area contributed by atoms with Gasteiger partial charge in [-0.2, -0.15) is 0 Å². The molecule has 14 rings (SSSR count). The number of aliphatic hydroxyl groups excluding tert-OH is 4. The van der Waals surface area contributed by atoms with Crippen molar-refractivity contribution in [1.29, 1.82) is 0 Å². The Kier molecular flexibility index (Phi) is 29.0. The quantitative estimate of drug-likeness (QED) is 0.0194. The second-order valence-electron chi connectivity index (χ2n) is 35.6. The minimum absolute atomic E-state index is 0.0372. The van der Waals surface area contributed by atoms with Gasteiger partial charge < -0.3 is 91.9 Å². The van der Waals surface area contributed by atoms with Crippen LogP contribution >= 0.6 is 22.7 Å². The molecule has 7 atom stereocenters. The van der Waals surface area contributed by atoms with E-state index in [0.29, 0.717) is 90.6 Å². The predicted molar refractivity (Wildman–Crippen MR) is 480 cm³/mol. The van der Waals surface area contributed by atoms with Crippen LogP contribution in [-0.2, 0) is 91.5 Å². The Balaban J connectivity index is 0.599. The molecule has 4 amide bonds. The lowest BCUT2D eigenvalue weighted by Crippen LogP contribution is -2.60. The summed E-state index contributed by atoms with van der Waals surface area (Å²) in [5.74, 6) is -3.02. The second kappa shape index (κ2) is 39.8. The van der Waals surface area contributed by atoms with Crippen LogP contribution in [0.3, 0.4) is 0 Å². The molecule has 0 saturated carbocycles. The van der Waals surface area contributed by atoms with E-state index in [2.05, 4.69) is 27.5 Å². The molecule has 37 heteroatoms. The van der Waals surface area contributed by atoms with Crippen molar-refractivity contribution in [2.75, 3.05) is 66.2 Å². The third-order valence-corrected chi connectivity index (χ3v) is 27.1. The van der Waals surface area contributed by atoms with Crippen LogP contribution in [0.4, 0.5) is 5.69 Å². The molecule has 0 radical (unpaired) electrons. The van der Waals surface area contributed by atoms with Gasteiger partial charge in [-0.3, -0.25) is 38.6 Å². The van der Waals surface area contributed by atoms with E-state index in [1.165, 1.54) is 73.7 Å². The molecular weight excluding hydrogens is 1760 g/mol. The van der Waals surface area contributed by atoms with E-state index in [0.717, 1.165) is 28.1 Å². The van der Waals surface area contributed by atoms with E-state index in [4.69, 9.17) is 61.0 Å². The van der Waals surface area contributed by atoms with Gasteiger partial charge in [0.1, 0.15) is 55.2 Å². The number of aromatic nitrogens is 3. The van der Waals surface area contributed by atoms with Crippen molar-refractivity contribution >= 4 is 90.4 Å². The van der Waals surface area contributed by atoms with Crippen molar-refractivity contribution in [2.24, 2.45) is 31.6 Å². The highest BCUT2D eigenvalue weighted by Crippen LogP contribution is 2.43. The number of rotatable bonds is 40. The minimum Gasteiger partial charge on any atom is -0.493 e. The highest BCUT2D eigenvalue weighted by atomic mass is 32.3. The number of hydrogen-bond donors (Lipinski definition) is 6. The highest BCUT2D eigenvalue weighted by molar-refractivity contribution is 7.91. The predicted octanol–water partition coefficient (Wildman–Crippen LogP) is 10.8. The topological polar surface area (TPSA) is 422 Å². The van der Waals surface area contributed by atoms with E-state index in [1.54, 1.807) is 104 Å². The van der Waals surface area contributed by atoms with Crippen LogP contribution in [0.15, 0.2) is 172 Å². The molecule has 0 bridgehead atoms. The average Bonchev–Trinajstić information content (AvgIpc) is 1.58. The number of carbonyl (C=O) groups excluding carboxylic acids is 5. The molecule has 6 aromatic carbocycles. The van der Waals surface area contributed by atoms with Gasteiger partial charge in [-0.15, -0.1) is 36.2 Å². The molecule has 5 aliphatic heterocycles. The normalized spacial score (nSPS) is 18.5. The fraction of sp³-hybridized carbons (Fsp3) is 0.409. The van der Waals surface area contributed by atoms with E-state index < -0.39 is 109 Å². The summed E-state index contributed by atoms with van der Waals surface area (Å²) in [5.41, 5.74) is 3.30. The molecule has 0 aliphatic carbocycles. The fourth-order valence-electron chi connectivity index (χ4n) is 15.2. The highest BCUT2D eigenvalue weighted by Gasteiger charge is 2.46. The fourth-order valence-corrected chi connectivity index (χ4v) is 19.1. The second-order valence-corrected chi connectivity index (χ2v) is 40.9. The summed E-state index contributed by atoms with van der Waals surface area (Å²) in [6, 6.07) is 31.9. The number of amides is 4. The van der Waals surface area contributed by atoms with Crippen molar-refractivity contribution < 1.29 is 112 Å². The van der Waals surface area contributed by atoms with Gasteiger partial charge in [0.2, 0.25) is 6.29 Å². The monoisotopic (exact) mass is 1860 g/mol. The lowest BCUT2D eigenvalue weighted by molar-refractivity contribution is -0.277. The lowest BCUT2D eigenvalue weighted by atomic mass is 9.90. The summed E-state index contributed by atoms with van der Waals surface area (Å²) in [6.45, 7) is 20.9. The third-order valence-electron chi connectivity index (χ3n) is 22.6.